The van der Waals surface area contributed by atoms with Crippen LogP contribution in [0.1, 0.15) is 117 Å². The second-order valence-corrected chi connectivity index (χ2v) is 12.5. The van der Waals surface area contributed by atoms with Crippen LogP contribution in [0.25, 0.3) is 33.8 Å². The molecule has 0 aliphatic carbocycles. The van der Waals surface area contributed by atoms with E-state index in [0.29, 0.717) is 0 Å². The van der Waals surface area contributed by atoms with Crippen LogP contribution in [0.5, 0.6) is 11.5 Å². The lowest BCUT2D eigenvalue weighted by atomic mass is 10.0. The lowest BCUT2D eigenvalue weighted by Gasteiger charge is -2.14. The zero-order chi connectivity index (χ0) is 32.1. The molecule has 0 bridgehead atoms. The number of aromatic nitrogens is 2. The minimum atomic E-state index is 0.723. The van der Waals surface area contributed by atoms with Crippen LogP contribution < -0.4 is 9.47 Å². The Bertz CT molecular complexity index is 1280. The summed E-state index contributed by atoms with van der Waals surface area (Å²) in [6.07, 6.45) is 22.4. The van der Waals surface area contributed by atoms with Gasteiger partial charge in [0.05, 0.1) is 30.3 Å². The van der Waals surface area contributed by atoms with Crippen LogP contribution in [0.2, 0.25) is 0 Å². The SMILES string of the molecule is CCCCCCCCCCOc1cc(OCCCCCCCCCC)cc(-c2cc(-c3ccccc3)nc(-c3ccccn3)c2)c1. The van der Waals surface area contributed by atoms with E-state index in [2.05, 4.69) is 73.4 Å². The first-order valence-electron chi connectivity index (χ1n) is 18.2. The average Bonchev–Trinajstić information content (AvgIpc) is 3.10. The highest BCUT2D eigenvalue weighted by atomic mass is 16.5. The molecule has 0 aliphatic heterocycles. The predicted octanol–water partition coefficient (Wildman–Crippen LogP) is 12.5. The van der Waals surface area contributed by atoms with Crippen molar-refractivity contribution in [2.24, 2.45) is 0 Å². The molecule has 0 atom stereocenters. The molecule has 0 radical (unpaired) electrons. The van der Waals surface area contributed by atoms with Crippen molar-refractivity contribution in [2.75, 3.05) is 13.2 Å². The van der Waals surface area contributed by atoms with Crippen LogP contribution in [0.3, 0.4) is 0 Å². The predicted molar refractivity (Wildman–Crippen MR) is 195 cm³/mol. The maximum atomic E-state index is 6.37. The van der Waals surface area contributed by atoms with E-state index in [1.807, 2.05) is 30.5 Å². The molecule has 0 fully saturated rings. The average molecular weight is 621 g/mol. The van der Waals surface area contributed by atoms with Gasteiger partial charge in [-0.05, 0) is 60.4 Å². The molecule has 2 aromatic heterocycles. The minimum absolute atomic E-state index is 0.723. The van der Waals surface area contributed by atoms with Crippen LogP contribution in [0.15, 0.2) is 85.1 Å². The molecule has 2 aromatic carbocycles. The second-order valence-electron chi connectivity index (χ2n) is 12.5. The molecule has 2 heterocycles. The molecule has 0 unspecified atom stereocenters. The maximum absolute atomic E-state index is 6.37. The molecule has 0 saturated heterocycles. The van der Waals surface area contributed by atoms with Gasteiger partial charge in [0.25, 0.3) is 0 Å². The number of pyridine rings is 2. The van der Waals surface area contributed by atoms with E-state index >= 15 is 0 Å². The van der Waals surface area contributed by atoms with Gasteiger partial charge in [0.1, 0.15) is 11.5 Å². The Balaban J connectivity index is 1.49. The smallest absolute Gasteiger partial charge is 0.123 e. The number of nitrogens with zero attached hydrogens (tertiary/aromatic N) is 2. The van der Waals surface area contributed by atoms with Crippen molar-refractivity contribution in [3.8, 4) is 45.3 Å². The van der Waals surface area contributed by atoms with E-state index in [9.17, 15) is 0 Å². The third-order valence-corrected chi connectivity index (χ3v) is 8.57. The first kappa shape index (κ1) is 35.2. The summed E-state index contributed by atoms with van der Waals surface area (Å²) >= 11 is 0. The monoisotopic (exact) mass is 620 g/mol. The second kappa shape index (κ2) is 21.2. The number of hydrogen-bond acceptors (Lipinski definition) is 4. The lowest BCUT2D eigenvalue weighted by Crippen LogP contribution is -2.01. The summed E-state index contributed by atoms with van der Waals surface area (Å²) in [5, 5.41) is 0. The van der Waals surface area contributed by atoms with Crippen molar-refractivity contribution in [3.63, 3.8) is 0 Å². The number of rotatable bonds is 23. The number of benzene rings is 2. The molecule has 46 heavy (non-hydrogen) atoms. The molecular formula is C42H56N2O2. The van der Waals surface area contributed by atoms with Crippen LogP contribution in [-0.2, 0) is 0 Å². The largest absolute Gasteiger partial charge is 0.493 e. The van der Waals surface area contributed by atoms with Gasteiger partial charge in [-0.25, -0.2) is 4.98 Å². The molecule has 0 amide bonds. The van der Waals surface area contributed by atoms with Crippen molar-refractivity contribution in [1.29, 1.82) is 0 Å². The van der Waals surface area contributed by atoms with E-state index in [-0.39, 0.29) is 0 Å². The van der Waals surface area contributed by atoms with E-state index in [4.69, 9.17) is 14.5 Å². The van der Waals surface area contributed by atoms with Crippen LogP contribution in [0, 0.1) is 0 Å². The highest BCUT2D eigenvalue weighted by Gasteiger charge is 2.12. The Labute approximate surface area is 279 Å². The standard InChI is InChI=1S/C42H56N2O2/c1-3-5-7-9-11-13-15-22-28-45-38-30-36(31-39(34-38)46-29-23-16-14-12-10-8-6-4-2)37-32-41(35-24-18-17-19-25-35)44-42(33-37)40-26-20-21-27-43-40/h17-21,24-27,30-34H,3-16,22-23,28-29H2,1-2H3. The topological polar surface area (TPSA) is 44.2 Å². The van der Waals surface area contributed by atoms with Gasteiger partial charge >= 0.3 is 0 Å². The first-order chi connectivity index (χ1) is 22.8. The van der Waals surface area contributed by atoms with E-state index < -0.39 is 0 Å². The molecule has 0 saturated carbocycles. The van der Waals surface area contributed by atoms with Crippen LogP contribution in [-0.4, -0.2) is 23.2 Å². The van der Waals surface area contributed by atoms with Gasteiger partial charge in [-0.15, -0.1) is 0 Å². The molecule has 4 nitrogen and oxygen atoms in total. The molecular weight excluding hydrogens is 564 g/mol. The van der Waals surface area contributed by atoms with Gasteiger partial charge in [-0.3, -0.25) is 4.98 Å². The van der Waals surface area contributed by atoms with Crippen molar-refractivity contribution in [3.05, 3.63) is 85.1 Å². The number of hydrogen-bond donors (Lipinski definition) is 0. The van der Waals surface area contributed by atoms with Gasteiger partial charge in [-0.1, -0.05) is 140 Å². The summed E-state index contributed by atoms with van der Waals surface area (Å²) in [7, 11) is 0. The maximum Gasteiger partial charge on any atom is 0.123 e. The fourth-order valence-electron chi connectivity index (χ4n) is 5.86. The minimum Gasteiger partial charge on any atom is -0.493 e. The number of ether oxygens (including phenoxy) is 2. The first-order valence-corrected chi connectivity index (χ1v) is 18.2. The lowest BCUT2D eigenvalue weighted by molar-refractivity contribution is 0.290. The van der Waals surface area contributed by atoms with Gasteiger partial charge in [0.2, 0.25) is 0 Å². The molecule has 4 aromatic rings. The fraction of sp³-hybridized carbons (Fsp3) is 0.476. The van der Waals surface area contributed by atoms with Gasteiger partial charge in [0.15, 0.2) is 0 Å². The summed E-state index contributed by atoms with van der Waals surface area (Å²) in [5.41, 5.74) is 5.85. The summed E-state index contributed by atoms with van der Waals surface area (Å²) in [5.74, 6) is 1.73. The van der Waals surface area contributed by atoms with E-state index in [1.54, 1.807) is 0 Å². The molecule has 246 valence electrons. The van der Waals surface area contributed by atoms with Crippen molar-refractivity contribution >= 4 is 0 Å². The Morgan fingerprint density at radius 3 is 1.48 bits per heavy atom. The number of unbranched alkanes of at least 4 members (excludes halogenated alkanes) is 14. The molecule has 0 aliphatic rings. The zero-order valence-electron chi connectivity index (χ0n) is 28.5. The normalized spacial score (nSPS) is 11.1. The highest BCUT2D eigenvalue weighted by Crippen LogP contribution is 2.34. The molecule has 0 N–H and O–H groups in total. The summed E-state index contributed by atoms with van der Waals surface area (Å²) in [6, 6.07) is 27.0. The van der Waals surface area contributed by atoms with Crippen molar-refractivity contribution < 1.29 is 9.47 Å². The molecule has 0 spiro atoms. The third-order valence-electron chi connectivity index (χ3n) is 8.57. The molecule has 4 heteroatoms. The summed E-state index contributed by atoms with van der Waals surface area (Å²) in [4.78, 5) is 9.64. The Kier molecular flexibility index (Phi) is 16.2. The van der Waals surface area contributed by atoms with E-state index in [0.717, 1.165) is 71.3 Å². The Hall–Kier alpha value is -3.66. The van der Waals surface area contributed by atoms with Crippen LogP contribution in [0.4, 0.5) is 0 Å². The zero-order valence-corrected chi connectivity index (χ0v) is 28.5. The summed E-state index contributed by atoms with van der Waals surface area (Å²) in [6.45, 7) is 5.99. The van der Waals surface area contributed by atoms with Crippen molar-refractivity contribution in [2.45, 2.75) is 117 Å². The van der Waals surface area contributed by atoms with Gasteiger partial charge < -0.3 is 9.47 Å². The Morgan fingerprint density at radius 1 is 0.435 bits per heavy atom. The van der Waals surface area contributed by atoms with Gasteiger partial charge in [0, 0.05) is 17.8 Å². The van der Waals surface area contributed by atoms with Crippen LogP contribution >= 0.6 is 0 Å². The van der Waals surface area contributed by atoms with E-state index in [1.165, 1.54) is 89.9 Å². The summed E-state index contributed by atoms with van der Waals surface area (Å²) < 4.78 is 12.7. The fourth-order valence-corrected chi connectivity index (χ4v) is 5.86. The molecule has 4 rings (SSSR count). The quantitative estimate of drug-likeness (QED) is 0.0774. The highest BCUT2D eigenvalue weighted by molar-refractivity contribution is 5.77. The van der Waals surface area contributed by atoms with Crippen molar-refractivity contribution in [1.82, 2.24) is 9.97 Å². The third kappa shape index (κ3) is 12.6. The van der Waals surface area contributed by atoms with Gasteiger partial charge in [-0.2, -0.15) is 0 Å². The Morgan fingerprint density at radius 2 is 0.935 bits per heavy atom.